The van der Waals surface area contributed by atoms with E-state index in [0.717, 1.165) is 0 Å². The first-order valence-electron chi connectivity index (χ1n) is 12.7. The molecule has 0 spiro atoms. The van der Waals surface area contributed by atoms with Crippen molar-refractivity contribution in [3.63, 3.8) is 0 Å². The van der Waals surface area contributed by atoms with Crippen molar-refractivity contribution >= 4 is 34.9 Å². The molecule has 38 heavy (non-hydrogen) atoms. The maximum Gasteiger partial charge on any atom is 0.411 e. The van der Waals surface area contributed by atoms with Gasteiger partial charge in [-0.05, 0) is 61.6 Å². The molecule has 0 aliphatic heterocycles. The summed E-state index contributed by atoms with van der Waals surface area (Å²) in [5.41, 5.74) is 4.21. The Bertz CT molecular complexity index is 1300. The number of anilines is 1. The van der Waals surface area contributed by atoms with Crippen molar-refractivity contribution in [1.82, 2.24) is 0 Å². The minimum Gasteiger partial charge on any atom is -0.505 e. The number of aliphatic hydroxyl groups is 1. The summed E-state index contributed by atoms with van der Waals surface area (Å²) < 4.78 is 5.20. The van der Waals surface area contributed by atoms with Gasteiger partial charge in [0, 0.05) is 12.5 Å². The Kier molecular flexibility index (Phi) is 6.86. The summed E-state index contributed by atoms with van der Waals surface area (Å²) >= 11 is 0. The molecule has 3 aliphatic rings. The Morgan fingerprint density at radius 3 is 2.45 bits per heavy atom. The van der Waals surface area contributed by atoms with E-state index in [2.05, 4.69) is 5.32 Å². The monoisotopic (exact) mass is 526 g/mol. The number of carbonyl (C=O) groups excluding carboxylic acids is 5. The van der Waals surface area contributed by atoms with Gasteiger partial charge in [-0.1, -0.05) is 26.3 Å². The highest BCUT2D eigenvalue weighted by molar-refractivity contribution is 6.32. The standard InChI is InChI=1S/C28H34N2O8/c1-12-6-16-7-14-8-17-15(10-29)9-18(30-26(36)38-11-27(3,4)5)22(32)21(17)23(33)20(14)25(35)28(16,37)24(34)19(12)13(2)31/h9,14,16,20,32,37H,6-8,10-11,29H2,1-5H3,(H,30,36)/t14-,16-,20?,28-/m1/s1. The van der Waals surface area contributed by atoms with Crippen molar-refractivity contribution < 1.29 is 38.9 Å². The SMILES string of the molecule is CC(=O)C1=C(C)C[C@@H]2C[C@@H]3Cc4c(CN)cc(NC(=O)OCC(C)(C)C)c(O)c4C(=O)C3C(=O)[C@]2(O)C1=O. The molecule has 1 fully saturated rings. The molecule has 4 rings (SSSR count). The van der Waals surface area contributed by atoms with Gasteiger partial charge in [-0.25, -0.2) is 4.79 Å². The molecule has 4 atom stereocenters. The van der Waals surface area contributed by atoms with E-state index in [0.29, 0.717) is 16.7 Å². The molecule has 3 aliphatic carbocycles. The number of nitrogens with two attached hydrogens (primary N) is 1. The van der Waals surface area contributed by atoms with Gasteiger partial charge in [-0.3, -0.25) is 24.5 Å². The number of phenolic OH excluding ortho intramolecular Hbond substituents is 1. The van der Waals surface area contributed by atoms with Gasteiger partial charge >= 0.3 is 6.09 Å². The largest absolute Gasteiger partial charge is 0.505 e. The van der Waals surface area contributed by atoms with Crippen LogP contribution in [0.3, 0.4) is 0 Å². The van der Waals surface area contributed by atoms with Crippen molar-refractivity contribution in [1.29, 1.82) is 0 Å². The van der Waals surface area contributed by atoms with Crippen LogP contribution in [0.2, 0.25) is 0 Å². The van der Waals surface area contributed by atoms with Crippen LogP contribution in [0.25, 0.3) is 0 Å². The maximum atomic E-state index is 13.8. The van der Waals surface area contributed by atoms with Crippen molar-refractivity contribution in [3.8, 4) is 5.75 Å². The first kappa shape index (κ1) is 27.7. The lowest BCUT2D eigenvalue weighted by Gasteiger charge is -2.48. The molecule has 10 heteroatoms. The zero-order valence-corrected chi connectivity index (χ0v) is 22.3. The first-order chi connectivity index (χ1) is 17.6. The fourth-order valence-corrected chi connectivity index (χ4v) is 6.09. The summed E-state index contributed by atoms with van der Waals surface area (Å²) in [6.07, 6.45) is -0.232. The van der Waals surface area contributed by atoms with Crippen LogP contribution in [0.15, 0.2) is 17.2 Å². The van der Waals surface area contributed by atoms with Crippen molar-refractivity contribution in [2.75, 3.05) is 11.9 Å². The Morgan fingerprint density at radius 1 is 1.21 bits per heavy atom. The first-order valence-corrected chi connectivity index (χ1v) is 12.7. The third-order valence-electron chi connectivity index (χ3n) is 7.80. The number of hydrogen-bond acceptors (Lipinski definition) is 9. The van der Waals surface area contributed by atoms with Crippen molar-refractivity contribution in [2.45, 2.75) is 66.0 Å². The number of phenols is 1. The van der Waals surface area contributed by atoms with Crippen LogP contribution in [0, 0.1) is 23.2 Å². The molecule has 204 valence electrons. The smallest absolute Gasteiger partial charge is 0.411 e. The van der Waals surface area contributed by atoms with Gasteiger partial charge in [-0.15, -0.1) is 0 Å². The fourth-order valence-electron chi connectivity index (χ4n) is 6.09. The van der Waals surface area contributed by atoms with Crippen LogP contribution in [-0.2, 0) is 32.1 Å². The average molecular weight is 527 g/mol. The minimum absolute atomic E-state index is 0.00259. The van der Waals surface area contributed by atoms with Gasteiger partial charge in [0.15, 0.2) is 23.0 Å². The topological polar surface area (TPSA) is 173 Å². The molecule has 1 saturated carbocycles. The molecular weight excluding hydrogens is 492 g/mol. The van der Waals surface area contributed by atoms with Crippen LogP contribution < -0.4 is 11.1 Å². The Balaban J connectivity index is 1.73. The number of ketones is 4. The molecule has 10 nitrogen and oxygen atoms in total. The average Bonchev–Trinajstić information content (AvgIpc) is 2.81. The van der Waals surface area contributed by atoms with E-state index in [1.165, 1.54) is 13.0 Å². The number of nitrogens with one attached hydrogen (secondary N) is 1. The van der Waals surface area contributed by atoms with Crippen molar-refractivity contribution in [3.05, 3.63) is 33.9 Å². The second-order valence-electron chi connectivity index (χ2n) is 11.9. The van der Waals surface area contributed by atoms with Crippen LogP contribution in [0.1, 0.15) is 68.9 Å². The van der Waals surface area contributed by atoms with Crippen LogP contribution in [0.5, 0.6) is 5.75 Å². The van der Waals surface area contributed by atoms with Crippen LogP contribution in [-0.4, -0.2) is 51.6 Å². The van der Waals surface area contributed by atoms with Gasteiger partial charge in [0.1, 0.15) is 5.75 Å². The zero-order chi connectivity index (χ0) is 28.3. The van der Waals surface area contributed by atoms with Gasteiger partial charge in [0.05, 0.1) is 29.3 Å². The Morgan fingerprint density at radius 2 is 1.87 bits per heavy atom. The normalized spacial score (nSPS) is 26.9. The summed E-state index contributed by atoms with van der Waals surface area (Å²) in [4.78, 5) is 65.3. The van der Waals surface area contributed by atoms with Gasteiger partial charge in [0.2, 0.25) is 5.78 Å². The molecule has 0 radical (unpaired) electrons. The maximum absolute atomic E-state index is 13.8. The lowest BCUT2D eigenvalue weighted by atomic mass is 9.54. The van der Waals surface area contributed by atoms with Crippen LogP contribution in [0.4, 0.5) is 10.5 Å². The lowest BCUT2D eigenvalue weighted by Crippen LogP contribution is -2.64. The number of benzene rings is 1. The molecule has 1 aromatic carbocycles. The highest BCUT2D eigenvalue weighted by Gasteiger charge is 2.63. The van der Waals surface area contributed by atoms with E-state index in [9.17, 15) is 34.2 Å². The molecule has 1 unspecified atom stereocenters. The minimum atomic E-state index is -2.49. The highest BCUT2D eigenvalue weighted by atomic mass is 16.5. The zero-order valence-electron chi connectivity index (χ0n) is 22.3. The molecule has 0 aromatic heterocycles. The number of carbonyl (C=O) groups is 5. The summed E-state index contributed by atoms with van der Waals surface area (Å²) in [6, 6.07) is 1.48. The summed E-state index contributed by atoms with van der Waals surface area (Å²) in [5.74, 6) is -6.44. The molecule has 1 amide bonds. The third kappa shape index (κ3) is 4.35. The number of allylic oxidation sites excluding steroid dienone is 1. The number of Topliss-reactive ketones (excluding diaryl/α,β-unsaturated/α-hetero) is 4. The van der Waals surface area contributed by atoms with Gasteiger partial charge in [0.25, 0.3) is 0 Å². The second-order valence-corrected chi connectivity index (χ2v) is 11.9. The molecule has 0 heterocycles. The van der Waals surface area contributed by atoms with Crippen LogP contribution >= 0.6 is 0 Å². The van der Waals surface area contributed by atoms with Crippen molar-refractivity contribution in [2.24, 2.45) is 28.9 Å². The Hall–Kier alpha value is -3.37. The quantitative estimate of drug-likeness (QED) is 0.261. The van der Waals surface area contributed by atoms with E-state index in [1.807, 2.05) is 20.8 Å². The third-order valence-corrected chi connectivity index (χ3v) is 7.80. The summed E-state index contributed by atoms with van der Waals surface area (Å²) in [7, 11) is 0. The Labute approximate surface area is 220 Å². The number of aromatic hydroxyl groups is 1. The van der Waals surface area contributed by atoms with E-state index in [-0.39, 0.29) is 54.7 Å². The second kappa shape index (κ2) is 9.43. The predicted molar refractivity (Wildman–Crippen MR) is 137 cm³/mol. The fraction of sp³-hybridized carbons (Fsp3) is 0.536. The number of amides is 1. The van der Waals surface area contributed by atoms with E-state index >= 15 is 0 Å². The highest BCUT2D eigenvalue weighted by Crippen LogP contribution is 2.51. The number of ether oxygens (including phenoxy) is 1. The van der Waals surface area contributed by atoms with Gasteiger partial charge < -0.3 is 20.7 Å². The predicted octanol–water partition coefficient (Wildman–Crippen LogP) is 2.62. The number of rotatable bonds is 4. The van der Waals surface area contributed by atoms with E-state index in [4.69, 9.17) is 10.5 Å². The molecule has 5 N–H and O–H groups in total. The van der Waals surface area contributed by atoms with Gasteiger partial charge in [-0.2, -0.15) is 0 Å². The van der Waals surface area contributed by atoms with E-state index < -0.39 is 58.3 Å². The number of fused-ring (bicyclic) bond motifs is 3. The summed E-state index contributed by atoms with van der Waals surface area (Å²) in [5, 5.41) is 24.9. The molecule has 0 saturated heterocycles. The lowest BCUT2D eigenvalue weighted by molar-refractivity contribution is -0.165. The molecule has 1 aromatic rings. The molecular formula is C28H34N2O8. The summed E-state index contributed by atoms with van der Waals surface area (Å²) in [6.45, 7) is 8.59. The van der Waals surface area contributed by atoms with E-state index in [1.54, 1.807) is 6.92 Å². The number of hydrogen-bond donors (Lipinski definition) is 4. The molecule has 0 bridgehead atoms.